The van der Waals surface area contributed by atoms with Crippen molar-refractivity contribution in [3.05, 3.63) is 29.8 Å². The van der Waals surface area contributed by atoms with Gasteiger partial charge >= 0.3 is 12.3 Å². The summed E-state index contributed by atoms with van der Waals surface area (Å²) in [5.74, 6) is -1.82. The largest absolute Gasteiger partial charge is 0.573 e. The molecular formula is C12H11F3O3. The van der Waals surface area contributed by atoms with E-state index in [9.17, 15) is 18.0 Å². The lowest BCUT2D eigenvalue weighted by Gasteiger charge is -2.13. The quantitative estimate of drug-likeness (QED) is 0.904. The zero-order chi connectivity index (χ0) is 13.3. The number of carboxylic acids is 1. The Balaban J connectivity index is 2.13. The van der Waals surface area contributed by atoms with Crippen molar-refractivity contribution in [2.75, 3.05) is 0 Å². The van der Waals surface area contributed by atoms with Gasteiger partial charge in [-0.2, -0.15) is 0 Å². The smallest absolute Gasteiger partial charge is 0.481 e. The highest BCUT2D eigenvalue weighted by Gasteiger charge is 2.37. The van der Waals surface area contributed by atoms with Crippen LogP contribution in [-0.4, -0.2) is 17.4 Å². The molecule has 0 amide bonds. The van der Waals surface area contributed by atoms with Crippen LogP contribution in [0.1, 0.15) is 24.3 Å². The summed E-state index contributed by atoms with van der Waals surface area (Å²) in [6, 6.07) is 5.03. The molecule has 98 valence electrons. The van der Waals surface area contributed by atoms with Crippen molar-refractivity contribution in [3.63, 3.8) is 0 Å². The molecule has 1 aromatic rings. The van der Waals surface area contributed by atoms with E-state index in [1.807, 2.05) is 0 Å². The molecule has 1 saturated carbocycles. The van der Waals surface area contributed by atoms with Gasteiger partial charge in [0.2, 0.25) is 0 Å². The number of ether oxygens (including phenoxy) is 1. The lowest BCUT2D eigenvalue weighted by molar-refractivity contribution is -0.274. The Morgan fingerprint density at radius 3 is 2.22 bits per heavy atom. The van der Waals surface area contributed by atoms with E-state index in [0.29, 0.717) is 5.56 Å². The molecule has 18 heavy (non-hydrogen) atoms. The fourth-order valence-corrected chi connectivity index (χ4v) is 1.92. The van der Waals surface area contributed by atoms with Gasteiger partial charge in [0.15, 0.2) is 0 Å². The van der Waals surface area contributed by atoms with Gasteiger partial charge in [-0.05, 0) is 36.5 Å². The highest BCUT2D eigenvalue weighted by molar-refractivity contribution is 5.77. The first kappa shape index (κ1) is 12.7. The molecule has 0 spiro atoms. The van der Waals surface area contributed by atoms with Gasteiger partial charge in [-0.1, -0.05) is 12.1 Å². The summed E-state index contributed by atoms with van der Waals surface area (Å²) in [4.78, 5) is 11.1. The van der Waals surface area contributed by atoms with Crippen LogP contribution in [-0.2, 0) is 4.79 Å². The number of aliphatic carboxylic acids is 1. The Bertz CT molecular complexity index is 435. The Kier molecular flexibility index (Phi) is 3.19. The zero-order valence-corrected chi connectivity index (χ0v) is 9.28. The maximum atomic E-state index is 12.0. The van der Waals surface area contributed by atoms with Crippen molar-refractivity contribution < 1.29 is 27.8 Å². The van der Waals surface area contributed by atoms with Crippen molar-refractivity contribution >= 4 is 5.97 Å². The molecule has 1 N–H and O–H groups in total. The molecule has 1 atom stereocenters. The molecule has 0 saturated heterocycles. The van der Waals surface area contributed by atoms with Crippen LogP contribution in [0, 0.1) is 5.92 Å². The normalized spacial score (nSPS) is 17.3. The van der Waals surface area contributed by atoms with Gasteiger partial charge < -0.3 is 9.84 Å². The standard InChI is InChI=1S/C12H11F3O3/c13-12(14,15)18-9-5-3-8(4-6-9)10(11(16)17)7-1-2-7/h3-7,10H,1-2H2,(H,16,17). The second kappa shape index (κ2) is 4.51. The van der Waals surface area contributed by atoms with Crippen molar-refractivity contribution in [2.45, 2.75) is 25.1 Å². The molecule has 1 unspecified atom stereocenters. The number of rotatable bonds is 4. The van der Waals surface area contributed by atoms with Crippen molar-refractivity contribution in [2.24, 2.45) is 5.92 Å². The summed E-state index contributed by atoms with van der Waals surface area (Å²) in [6.07, 6.45) is -3.04. The summed E-state index contributed by atoms with van der Waals surface area (Å²) >= 11 is 0. The molecule has 6 heteroatoms. The van der Waals surface area contributed by atoms with E-state index in [1.165, 1.54) is 12.1 Å². The Morgan fingerprint density at radius 1 is 1.28 bits per heavy atom. The predicted octanol–water partition coefficient (Wildman–Crippen LogP) is 3.16. The maximum absolute atomic E-state index is 12.0. The van der Waals surface area contributed by atoms with E-state index in [4.69, 9.17) is 5.11 Å². The van der Waals surface area contributed by atoms with Crippen LogP contribution in [0.15, 0.2) is 24.3 Å². The molecule has 1 fully saturated rings. The van der Waals surface area contributed by atoms with Gasteiger partial charge in [-0.3, -0.25) is 4.79 Å². The summed E-state index contributed by atoms with van der Waals surface area (Å²) in [5.41, 5.74) is 0.513. The maximum Gasteiger partial charge on any atom is 0.573 e. The number of carbonyl (C=O) groups is 1. The molecule has 3 nitrogen and oxygen atoms in total. The fourth-order valence-electron chi connectivity index (χ4n) is 1.92. The van der Waals surface area contributed by atoms with E-state index in [1.54, 1.807) is 0 Å². The van der Waals surface area contributed by atoms with E-state index < -0.39 is 18.2 Å². The fraction of sp³-hybridized carbons (Fsp3) is 0.417. The van der Waals surface area contributed by atoms with Gasteiger partial charge in [0.05, 0.1) is 5.92 Å². The number of halogens is 3. The third-order valence-electron chi connectivity index (χ3n) is 2.83. The van der Waals surface area contributed by atoms with Crippen molar-refractivity contribution in [3.8, 4) is 5.75 Å². The van der Waals surface area contributed by atoms with E-state index in [2.05, 4.69) is 4.74 Å². The third kappa shape index (κ3) is 3.15. The third-order valence-corrected chi connectivity index (χ3v) is 2.83. The lowest BCUT2D eigenvalue weighted by atomic mass is 9.94. The van der Waals surface area contributed by atoms with Gasteiger partial charge in [0.25, 0.3) is 0 Å². The summed E-state index contributed by atoms with van der Waals surface area (Å²) in [7, 11) is 0. The average Bonchev–Trinajstić information content (AvgIpc) is 3.02. The molecule has 1 aliphatic carbocycles. The van der Waals surface area contributed by atoms with Gasteiger partial charge in [-0.15, -0.1) is 13.2 Å². The number of hydrogen-bond acceptors (Lipinski definition) is 2. The van der Waals surface area contributed by atoms with Gasteiger partial charge in [0.1, 0.15) is 5.75 Å². The topological polar surface area (TPSA) is 46.5 Å². The van der Waals surface area contributed by atoms with Crippen molar-refractivity contribution in [1.29, 1.82) is 0 Å². The van der Waals surface area contributed by atoms with Crippen LogP contribution in [0.25, 0.3) is 0 Å². The number of hydrogen-bond donors (Lipinski definition) is 1. The van der Waals surface area contributed by atoms with Crippen LogP contribution in [0.2, 0.25) is 0 Å². The molecule has 2 rings (SSSR count). The van der Waals surface area contributed by atoms with Crippen LogP contribution in [0.5, 0.6) is 5.75 Å². The predicted molar refractivity (Wildman–Crippen MR) is 56.2 cm³/mol. The monoisotopic (exact) mass is 260 g/mol. The molecule has 0 aromatic heterocycles. The van der Waals surface area contributed by atoms with Crippen LogP contribution >= 0.6 is 0 Å². The Labute approximate surface area is 101 Å². The molecule has 0 heterocycles. The first-order chi connectivity index (χ1) is 8.37. The average molecular weight is 260 g/mol. The number of alkyl halides is 3. The lowest BCUT2D eigenvalue weighted by Crippen LogP contribution is -2.17. The Morgan fingerprint density at radius 2 is 1.83 bits per heavy atom. The summed E-state index contributed by atoms with van der Waals surface area (Å²) in [6.45, 7) is 0. The second-order valence-electron chi connectivity index (χ2n) is 4.27. The molecule has 1 aliphatic rings. The SMILES string of the molecule is O=C(O)C(c1ccc(OC(F)(F)F)cc1)C1CC1. The van der Waals surface area contributed by atoms with E-state index in [-0.39, 0.29) is 11.7 Å². The van der Waals surface area contributed by atoms with Crippen LogP contribution in [0.3, 0.4) is 0 Å². The van der Waals surface area contributed by atoms with E-state index in [0.717, 1.165) is 25.0 Å². The molecule has 0 radical (unpaired) electrons. The minimum atomic E-state index is -4.73. The van der Waals surface area contributed by atoms with Crippen LogP contribution in [0.4, 0.5) is 13.2 Å². The highest BCUT2D eigenvalue weighted by Crippen LogP contribution is 2.43. The number of benzene rings is 1. The summed E-state index contributed by atoms with van der Waals surface area (Å²) < 4.78 is 39.6. The van der Waals surface area contributed by atoms with Gasteiger partial charge in [-0.25, -0.2) is 0 Å². The first-order valence-electron chi connectivity index (χ1n) is 5.45. The minimum absolute atomic E-state index is 0.0943. The molecule has 0 aliphatic heterocycles. The molecule has 1 aromatic carbocycles. The van der Waals surface area contributed by atoms with Gasteiger partial charge in [0, 0.05) is 0 Å². The van der Waals surface area contributed by atoms with E-state index >= 15 is 0 Å². The number of carboxylic acid groups (broad SMARTS) is 1. The van der Waals surface area contributed by atoms with Crippen LogP contribution < -0.4 is 4.74 Å². The van der Waals surface area contributed by atoms with Crippen molar-refractivity contribution in [1.82, 2.24) is 0 Å². The Hall–Kier alpha value is -1.72. The molecule has 0 bridgehead atoms. The summed E-state index contributed by atoms with van der Waals surface area (Å²) in [5, 5.41) is 9.08. The zero-order valence-electron chi connectivity index (χ0n) is 9.28. The second-order valence-corrected chi connectivity index (χ2v) is 4.27. The minimum Gasteiger partial charge on any atom is -0.481 e. The highest BCUT2D eigenvalue weighted by atomic mass is 19.4. The molecular weight excluding hydrogens is 249 g/mol. The first-order valence-corrected chi connectivity index (χ1v) is 5.45.